The summed E-state index contributed by atoms with van der Waals surface area (Å²) in [7, 11) is 0. The number of aliphatic hydroxyl groups excluding tert-OH is 1. The lowest BCUT2D eigenvalue weighted by Crippen LogP contribution is -2.23. The van der Waals surface area contributed by atoms with E-state index < -0.39 is 11.4 Å². The quantitative estimate of drug-likeness (QED) is 0.811. The fourth-order valence-electron chi connectivity index (χ4n) is 2.30. The van der Waals surface area contributed by atoms with E-state index in [9.17, 15) is 9.90 Å². The van der Waals surface area contributed by atoms with Crippen LogP contribution in [0.1, 0.15) is 18.9 Å². The van der Waals surface area contributed by atoms with E-state index in [1.807, 2.05) is 6.92 Å². The van der Waals surface area contributed by atoms with Gasteiger partial charge in [-0.25, -0.2) is 0 Å². The molecule has 2 unspecified atom stereocenters. The Labute approximate surface area is 99.8 Å². The lowest BCUT2D eigenvalue weighted by Gasteiger charge is -2.13. The maximum Gasteiger partial charge on any atom is 0.314 e. The second-order valence-corrected chi connectivity index (χ2v) is 4.32. The second-order valence-electron chi connectivity index (χ2n) is 4.32. The fourth-order valence-corrected chi connectivity index (χ4v) is 2.30. The summed E-state index contributed by atoms with van der Waals surface area (Å²) in [6.07, 6.45) is 0.507. The fraction of sp³-hybridized carbons (Fsp3) is 0.462. The number of rotatable bonds is 5. The molecule has 1 saturated carbocycles. The highest BCUT2D eigenvalue weighted by atomic mass is 16.5. The van der Waals surface area contributed by atoms with Crippen molar-refractivity contribution in [2.24, 2.45) is 5.92 Å². The molecule has 1 aromatic rings. The molecule has 92 valence electrons. The van der Waals surface area contributed by atoms with E-state index in [2.05, 4.69) is 0 Å². The molecule has 0 radical (unpaired) electrons. The van der Waals surface area contributed by atoms with Crippen LogP contribution in [0.25, 0.3) is 0 Å². The summed E-state index contributed by atoms with van der Waals surface area (Å²) in [5.41, 5.74) is -0.146. The first-order valence-corrected chi connectivity index (χ1v) is 5.72. The molecule has 4 nitrogen and oxygen atoms in total. The molecule has 0 spiro atoms. The van der Waals surface area contributed by atoms with E-state index in [0.29, 0.717) is 13.0 Å². The molecule has 1 aromatic carbocycles. The summed E-state index contributed by atoms with van der Waals surface area (Å²) in [5.74, 6) is -0.295. The normalized spacial score (nSPS) is 26.6. The smallest absolute Gasteiger partial charge is 0.314 e. The largest absolute Gasteiger partial charge is 0.494 e. The third kappa shape index (κ3) is 1.89. The van der Waals surface area contributed by atoms with Crippen LogP contribution in [0.15, 0.2) is 24.3 Å². The lowest BCUT2D eigenvalue weighted by molar-refractivity contribution is -0.140. The Morgan fingerprint density at radius 1 is 1.47 bits per heavy atom. The van der Waals surface area contributed by atoms with Crippen molar-refractivity contribution in [3.63, 3.8) is 0 Å². The number of carboxylic acid groups (broad SMARTS) is 1. The second kappa shape index (κ2) is 4.37. The zero-order chi connectivity index (χ0) is 12.5. The Balaban J connectivity index is 2.24. The summed E-state index contributed by atoms with van der Waals surface area (Å²) < 4.78 is 5.31. The molecular weight excluding hydrogens is 220 g/mol. The lowest BCUT2D eigenvalue weighted by atomic mass is 9.93. The summed E-state index contributed by atoms with van der Waals surface area (Å²) in [5, 5.41) is 18.4. The maximum atomic E-state index is 11.3. The van der Waals surface area contributed by atoms with E-state index >= 15 is 0 Å². The van der Waals surface area contributed by atoms with Gasteiger partial charge in [-0.15, -0.1) is 0 Å². The summed E-state index contributed by atoms with van der Waals surface area (Å²) in [6, 6.07) is 7.09. The Kier molecular flexibility index (Phi) is 3.07. The zero-order valence-electron chi connectivity index (χ0n) is 9.72. The van der Waals surface area contributed by atoms with Crippen LogP contribution in [0, 0.1) is 5.92 Å². The number of hydrogen-bond donors (Lipinski definition) is 2. The van der Waals surface area contributed by atoms with Gasteiger partial charge in [-0.05, 0) is 31.0 Å². The monoisotopic (exact) mass is 236 g/mol. The van der Waals surface area contributed by atoms with E-state index in [0.717, 1.165) is 11.3 Å². The number of aliphatic hydroxyl groups is 1. The van der Waals surface area contributed by atoms with Crippen molar-refractivity contribution >= 4 is 5.97 Å². The molecule has 2 rings (SSSR count). The number of benzene rings is 1. The third-order valence-electron chi connectivity index (χ3n) is 3.39. The predicted octanol–water partition coefficient (Wildman–Crippen LogP) is 1.42. The van der Waals surface area contributed by atoms with Crippen LogP contribution in [-0.2, 0) is 10.2 Å². The summed E-state index contributed by atoms with van der Waals surface area (Å²) in [6.45, 7) is 2.40. The molecule has 0 amide bonds. The molecule has 0 saturated heterocycles. The van der Waals surface area contributed by atoms with Gasteiger partial charge in [0.25, 0.3) is 0 Å². The molecule has 17 heavy (non-hydrogen) atoms. The summed E-state index contributed by atoms with van der Waals surface area (Å²) >= 11 is 0. The average Bonchev–Trinajstić information content (AvgIpc) is 3.06. The SMILES string of the molecule is CCOc1ccc(C2(C(=O)O)CC2CO)cc1. The average molecular weight is 236 g/mol. The van der Waals surface area contributed by atoms with Crippen molar-refractivity contribution in [2.45, 2.75) is 18.8 Å². The standard InChI is InChI=1S/C13H16O4/c1-2-17-11-5-3-9(4-6-11)13(12(15)16)7-10(13)8-14/h3-6,10,14H,2,7-8H2,1H3,(H,15,16). The van der Waals surface area contributed by atoms with Crippen molar-refractivity contribution in [1.82, 2.24) is 0 Å². The Morgan fingerprint density at radius 3 is 2.53 bits per heavy atom. The molecule has 4 heteroatoms. The minimum Gasteiger partial charge on any atom is -0.494 e. The molecular formula is C13H16O4. The highest BCUT2D eigenvalue weighted by Gasteiger charge is 2.61. The number of aliphatic carboxylic acids is 1. The Morgan fingerprint density at radius 2 is 2.12 bits per heavy atom. The minimum atomic E-state index is -0.889. The number of hydrogen-bond acceptors (Lipinski definition) is 3. The van der Waals surface area contributed by atoms with Crippen molar-refractivity contribution in [1.29, 1.82) is 0 Å². The Bertz CT molecular complexity index is 412. The molecule has 2 N–H and O–H groups in total. The molecule has 0 bridgehead atoms. The molecule has 0 heterocycles. The Hall–Kier alpha value is -1.55. The van der Waals surface area contributed by atoms with Crippen molar-refractivity contribution < 1.29 is 19.7 Å². The van der Waals surface area contributed by atoms with Crippen LogP contribution in [-0.4, -0.2) is 29.4 Å². The highest BCUT2D eigenvalue weighted by molar-refractivity contribution is 5.86. The van der Waals surface area contributed by atoms with Gasteiger partial charge >= 0.3 is 5.97 Å². The van der Waals surface area contributed by atoms with Gasteiger partial charge in [0.1, 0.15) is 5.75 Å². The highest BCUT2D eigenvalue weighted by Crippen LogP contribution is 2.54. The first-order valence-electron chi connectivity index (χ1n) is 5.72. The molecule has 1 fully saturated rings. The number of carbonyl (C=O) groups is 1. The van der Waals surface area contributed by atoms with Gasteiger partial charge in [0.2, 0.25) is 0 Å². The van der Waals surface area contributed by atoms with Crippen LogP contribution in [0.2, 0.25) is 0 Å². The van der Waals surface area contributed by atoms with Gasteiger partial charge < -0.3 is 14.9 Å². The van der Waals surface area contributed by atoms with Crippen LogP contribution in [0.3, 0.4) is 0 Å². The first kappa shape index (κ1) is 11.9. The van der Waals surface area contributed by atoms with Gasteiger partial charge in [0, 0.05) is 12.5 Å². The van der Waals surface area contributed by atoms with Gasteiger partial charge in [-0.3, -0.25) is 4.79 Å². The van der Waals surface area contributed by atoms with Crippen LogP contribution >= 0.6 is 0 Å². The molecule has 0 aromatic heterocycles. The molecule has 0 aliphatic heterocycles. The number of ether oxygens (including phenoxy) is 1. The summed E-state index contributed by atoms with van der Waals surface area (Å²) in [4.78, 5) is 11.3. The van der Waals surface area contributed by atoms with E-state index in [1.54, 1.807) is 24.3 Å². The predicted molar refractivity (Wildman–Crippen MR) is 62.1 cm³/mol. The van der Waals surface area contributed by atoms with Gasteiger partial charge in [-0.1, -0.05) is 12.1 Å². The van der Waals surface area contributed by atoms with E-state index in [-0.39, 0.29) is 12.5 Å². The molecule has 1 aliphatic rings. The van der Waals surface area contributed by atoms with Gasteiger partial charge in [-0.2, -0.15) is 0 Å². The van der Waals surface area contributed by atoms with Crippen molar-refractivity contribution in [3.05, 3.63) is 29.8 Å². The van der Waals surface area contributed by atoms with E-state index in [4.69, 9.17) is 9.84 Å². The molecule has 2 atom stereocenters. The van der Waals surface area contributed by atoms with Crippen LogP contribution in [0.5, 0.6) is 5.75 Å². The third-order valence-corrected chi connectivity index (χ3v) is 3.39. The van der Waals surface area contributed by atoms with Gasteiger partial charge in [0.15, 0.2) is 0 Å². The number of carboxylic acids is 1. The topological polar surface area (TPSA) is 66.8 Å². The van der Waals surface area contributed by atoms with E-state index in [1.165, 1.54) is 0 Å². The maximum absolute atomic E-state index is 11.3. The van der Waals surface area contributed by atoms with Gasteiger partial charge in [0.05, 0.1) is 12.0 Å². The zero-order valence-corrected chi connectivity index (χ0v) is 9.72. The molecule has 1 aliphatic carbocycles. The first-order chi connectivity index (χ1) is 8.15. The van der Waals surface area contributed by atoms with Crippen molar-refractivity contribution in [2.75, 3.05) is 13.2 Å². The minimum absolute atomic E-state index is 0.0838. The van der Waals surface area contributed by atoms with Crippen LogP contribution < -0.4 is 4.74 Å². The van der Waals surface area contributed by atoms with Crippen molar-refractivity contribution in [3.8, 4) is 5.75 Å². The van der Waals surface area contributed by atoms with Crippen LogP contribution in [0.4, 0.5) is 0 Å².